The van der Waals surface area contributed by atoms with Gasteiger partial charge >= 0.3 is 0 Å². The number of thiocarbonyl (C=S) groups is 1. The van der Waals surface area contributed by atoms with Gasteiger partial charge in [0.2, 0.25) is 5.05 Å². The topological polar surface area (TPSA) is 12.5 Å². The first-order valence-electron chi connectivity index (χ1n) is 1.51. The normalized spacial score (nSPS) is 33.0. The van der Waals surface area contributed by atoms with Crippen molar-refractivity contribution in [2.45, 2.75) is 13.0 Å². The minimum atomic E-state index is 0.282. The van der Waals surface area contributed by atoms with Gasteiger partial charge in [-0.1, -0.05) is 0 Å². The van der Waals surface area contributed by atoms with E-state index < -0.39 is 0 Å². The molecule has 1 atom stereocenters. The lowest BCUT2D eigenvalue weighted by Crippen LogP contribution is -1.65. The summed E-state index contributed by atoms with van der Waals surface area (Å²) in [5, 5.41) is 0.755. The van der Waals surface area contributed by atoms with E-state index in [9.17, 15) is 0 Å². The molecule has 1 rings (SSSR count). The predicted molar refractivity (Wildman–Crippen MR) is 23.1 cm³/mol. The molecular weight excluding hydrogens is 84.1 g/mol. The number of hydrogen-bond donors (Lipinski definition) is 0. The molecule has 28 valence electrons. The third-order valence-corrected chi connectivity index (χ3v) is 0.996. The molecule has 5 heavy (non-hydrogen) atoms. The van der Waals surface area contributed by atoms with E-state index in [2.05, 4.69) is 17.0 Å². The van der Waals surface area contributed by atoms with Crippen LogP contribution in [0.5, 0.6) is 0 Å². The maximum absolute atomic E-state index is 4.65. The maximum atomic E-state index is 4.65. The first-order valence-corrected chi connectivity index (χ1v) is 1.92. The molecule has 0 N–H and O–H groups in total. The number of rotatable bonds is 0. The zero-order valence-corrected chi connectivity index (χ0v) is 3.71. The molecule has 1 aliphatic heterocycles. The molecule has 0 aromatic carbocycles. The summed E-state index contributed by atoms with van der Waals surface area (Å²) in [6.07, 6.45) is 0.282. The van der Waals surface area contributed by atoms with E-state index >= 15 is 0 Å². The van der Waals surface area contributed by atoms with Gasteiger partial charge in [-0.3, -0.25) is 0 Å². The summed E-state index contributed by atoms with van der Waals surface area (Å²) in [5.41, 5.74) is 0. The number of hydrogen-bond acceptors (Lipinski definition) is 2. The van der Waals surface area contributed by atoms with Crippen LogP contribution in [0.4, 0.5) is 0 Å². The Morgan fingerprint density at radius 3 is 2.20 bits per heavy atom. The SMILES string of the molecule is CC1OC1=S. The Labute approximate surface area is 35.9 Å². The van der Waals surface area contributed by atoms with Crippen LogP contribution in [0.2, 0.25) is 0 Å². The van der Waals surface area contributed by atoms with E-state index in [0.717, 1.165) is 5.05 Å². The van der Waals surface area contributed by atoms with Crippen molar-refractivity contribution in [2.24, 2.45) is 0 Å². The summed E-state index contributed by atoms with van der Waals surface area (Å²) in [5.74, 6) is 0. The lowest BCUT2D eigenvalue weighted by Gasteiger charge is -1.49. The largest absolute Gasteiger partial charge is 0.472 e. The van der Waals surface area contributed by atoms with Gasteiger partial charge in [0.1, 0.15) is 0 Å². The van der Waals surface area contributed by atoms with Gasteiger partial charge in [0.15, 0.2) is 6.10 Å². The zero-order chi connectivity index (χ0) is 3.86. The average molecular weight is 88.1 g/mol. The van der Waals surface area contributed by atoms with Gasteiger partial charge < -0.3 is 4.74 Å². The molecule has 1 unspecified atom stereocenters. The highest BCUT2D eigenvalue weighted by Gasteiger charge is 2.25. The number of ether oxygens (including phenoxy) is 1. The van der Waals surface area contributed by atoms with Crippen molar-refractivity contribution in [3.05, 3.63) is 0 Å². The molecule has 0 saturated carbocycles. The van der Waals surface area contributed by atoms with Crippen molar-refractivity contribution in [1.29, 1.82) is 0 Å². The van der Waals surface area contributed by atoms with Crippen LogP contribution in [-0.2, 0) is 4.74 Å². The summed E-state index contributed by atoms with van der Waals surface area (Å²) in [4.78, 5) is 0. The van der Waals surface area contributed by atoms with E-state index in [1.165, 1.54) is 0 Å². The molecule has 2 heteroatoms. The lowest BCUT2D eigenvalue weighted by atomic mass is 10.6. The second kappa shape index (κ2) is 0.684. The van der Waals surface area contributed by atoms with Gasteiger partial charge in [0, 0.05) is 0 Å². The van der Waals surface area contributed by atoms with Crippen molar-refractivity contribution < 1.29 is 4.74 Å². The Balaban J connectivity index is 2.47. The first-order chi connectivity index (χ1) is 2.30. The summed E-state index contributed by atoms with van der Waals surface area (Å²) in [6.45, 7) is 1.93. The Morgan fingerprint density at radius 2 is 2.20 bits per heavy atom. The molecule has 0 aromatic rings. The number of epoxide rings is 1. The van der Waals surface area contributed by atoms with Crippen molar-refractivity contribution in [3.63, 3.8) is 0 Å². The minimum absolute atomic E-state index is 0.282. The molecule has 0 aliphatic carbocycles. The second-order valence-corrected chi connectivity index (χ2v) is 1.48. The Hall–Kier alpha value is -0.110. The molecule has 0 spiro atoms. The highest BCUT2D eigenvalue weighted by Crippen LogP contribution is 2.11. The third kappa shape index (κ3) is 0.401. The van der Waals surface area contributed by atoms with Crippen LogP contribution in [0.3, 0.4) is 0 Å². The fourth-order valence-electron chi connectivity index (χ4n) is 0.140. The summed E-state index contributed by atoms with van der Waals surface area (Å²) >= 11 is 4.55. The van der Waals surface area contributed by atoms with Crippen molar-refractivity contribution in [2.75, 3.05) is 0 Å². The van der Waals surface area contributed by atoms with Crippen LogP contribution < -0.4 is 0 Å². The molecule has 1 nitrogen and oxygen atoms in total. The molecule has 1 aliphatic rings. The van der Waals surface area contributed by atoms with E-state index in [-0.39, 0.29) is 6.10 Å². The fraction of sp³-hybridized carbons (Fsp3) is 0.667. The average Bonchev–Trinajstić information content (AvgIpc) is 1.79. The van der Waals surface area contributed by atoms with Crippen LogP contribution in [-0.4, -0.2) is 11.2 Å². The highest BCUT2D eigenvalue weighted by molar-refractivity contribution is 7.80. The minimum Gasteiger partial charge on any atom is -0.472 e. The van der Waals surface area contributed by atoms with Crippen molar-refractivity contribution in [1.82, 2.24) is 0 Å². The van der Waals surface area contributed by atoms with Crippen LogP contribution in [0.1, 0.15) is 6.92 Å². The van der Waals surface area contributed by atoms with Gasteiger partial charge in [0.25, 0.3) is 0 Å². The summed E-state index contributed by atoms with van der Waals surface area (Å²) < 4.78 is 4.65. The highest BCUT2D eigenvalue weighted by atomic mass is 32.1. The standard InChI is InChI=1S/C3H4OS/c1-2-3(5)4-2/h2H,1H3. The van der Waals surface area contributed by atoms with E-state index in [1.54, 1.807) is 0 Å². The smallest absolute Gasteiger partial charge is 0.201 e. The summed E-state index contributed by atoms with van der Waals surface area (Å²) in [6, 6.07) is 0. The van der Waals surface area contributed by atoms with Gasteiger partial charge in [-0.25, -0.2) is 0 Å². The van der Waals surface area contributed by atoms with E-state index in [1.807, 2.05) is 6.92 Å². The molecule has 0 amide bonds. The molecule has 1 fully saturated rings. The molecular formula is C3H4OS. The van der Waals surface area contributed by atoms with Crippen LogP contribution >= 0.6 is 12.2 Å². The Bertz CT molecular complexity index is 69.3. The first kappa shape index (κ1) is 3.09. The summed E-state index contributed by atoms with van der Waals surface area (Å²) in [7, 11) is 0. The molecule has 0 aromatic heterocycles. The van der Waals surface area contributed by atoms with E-state index in [0.29, 0.717) is 0 Å². The maximum Gasteiger partial charge on any atom is 0.201 e. The quantitative estimate of drug-likeness (QED) is 0.320. The van der Waals surface area contributed by atoms with Crippen molar-refractivity contribution in [3.8, 4) is 0 Å². The molecule has 1 heterocycles. The monoisotopic (exact) mass is 88.0 g/mol. The fourth-order valence-corrected chi connectivity index (χ4v) is 0.285. The molecule has 0 radical (unpaired) electrons. The van der Waals surface area contributed by atoms with Gasteiger partial charge in [-0.2, -0.15) is 0 Å². The van der Waals surface area contributed by atoms with Crippen LogP contribution in [0.25, 0.3) is 0 Å². The Kier molecular flexibility index (Phi) is 0.424. The van der Waals surface area contributed by atoms with E-state index in [4.69, 9.17) is 0 Å². The molecule has 0 bridgehead atoms. The van der Waals surface area contributed by atoms with Gasteiger partial charge in [-0.15, -0.1) is 0 Å². The third-order valence-electron chi connectivity index (χ3n) is 0.568. The lowest BCUT2D eigenvalue weighted by molar-refractivity contribution is 0.471. The van der Waals surface area contributed by atoms with Gasteiger partial charge in [-0.05, 0) is 19.1 Å². The van der Waals surface area contributed by atoms with Crippen molar-refractivity contribution >= 4 is 17.3 Å². The van der Waals surface area contributed by atoms with Crippen LogP contribution in [0, 0.1) is 0 Å². The Morgan fingerprint density at radius 1 is 2.00 bits per heavy atom. The zero-order valence-electron chi connectivity index (χ0n) is 2.89. The van der Waals surface area contributed by atoms with Crippen LogP contribution in [0.15, 0.2) is 0 Å². The predicted octanol–water partition coefficient (Wildman–Crippen LogP) is 0.732. The van der Waals surface area contributed by atoms with Gasteiger partial charge in [0.05, 0.1) is 0 Å². The second-order valence-electron chi connectivity index (χ2n) is 1.08. The molecule has 1 saturated heterocycles.